The van der Waals surface area contributed by atoms with E-state index >= 15 is 0 Å². The van der Waals surface area contributed by atoms with Crippen LogP contribution < -0.4 is 5.32 Å². The zero-order chi connectivity index (χ0) is 11.7. The Balaban J connectivity index is 1.80. The number of rotatable bonds is 2. The molecule has 90 valence electrons. The Morgan fingerprint density at radius 2 is 2.41 bits per heavy atom. The molecule has 0 aliphatic carbocycles. The molecule has 0 saturated carbocycles. The van der Waals surface area contributed by atoms with Crippen molar-refractivity contribution in [2.75, 3.05) is 26.7 Å². The van der Waals surface area contributed by atoms with Gasteiger partial charge in [-0.2, -0.15) is 0 Å². The predicted octanol–water partition coefficient (Wildman–Crippen LogP) is 0.981. The Labute approximate surface area is 100 Å². The second-order valence-corrected chi connectivity index (χ2v) is 4.55. The van der Waals surface area contributed by atoms with Gasteiger partial charge in [-0.15, -0.1) is 0 Å². The summed E-state index contributed by atoms with van der Waals surface area (Å²) >= 11 is 0. The molecule has 1 aliphatic heterocycles. The van der Waals surface area contributed by atoms with Gasteiger partial charge in [-0.1, -0.05) is 0 Å². The van der Waals surface area contributed by atoms with Crippen LogP contribution in [0.3, 0.4) is 0 Å². The molecule has 3 rings (SSSR count). The maximum Gasteiger partial charge on any atom is 0.125 e. The van der Waals surface area contributed by atoms with Gasteiger partial charge in [0.25, 0.3) is 0 Å². The van der Waals surface area contributed by atoms with E-state index in [1.807, 2.05) is 24.7 Å². The van der Waals surface area contributed by atoms with Crippen molar-refractivity contribution in [1.82, 2.24) is 25.2 Å². The van der Waals surface area contributed by atoms with E-state index in [1.54, 1.807) is 0 Å². The van der Waals surface area contributed by atoms with Crippen LogP contribution in [0.15, 0.2) is 24.7 Å². The third kappa shape index (κ3) is 2.11. The Kier molecular flexibility index (Phi) is 2.70. The number of nitrogens with zero attached hydrogens (tertiary/aromatic N) is 2. The third-order valence-electron chi connectivity index (χ3n) is 3.21. The molecule has 2 aromatic rings. The number of nitrogens with one attached hydrogen (secondary N) is 3. The van der Waals surface area contributed by atoms with Gasteiger partial charge in [0.15, 0.2) is 0 Å². The highest BCUT2D eigenvalue weighted by Gasteiger charge is 2.20. The Hall–Kier alpha value is -1.59. The molecule has 0 bridgehead atoms. The van der Waals surface area contributed by atoms with Crippen molar-refractivity contribution >= 4 is 0 Å². The number of hydrogen-bond acceptors (Lipinski definition) is 3. The number of imidazole rings is 1. The number of likely N-dealkylation sites (N-methyl/N-ethyl adjacent to an activating group) is 1. The largest absolute Gasteiger partial charge is 0.367 e. The molecule has 3 N–H and O–H groups in total. The minimum Gasteiger partial charge on any atom is -0.367 e. The summed E-state index contributed by atoms with van der Waals surface area (Å²) in [4.78, 5) is 13.2. The van der Waals surface area contributed by atoms with Crippen molar-refractivity contribution in [2.24, 2.45) is 0 Å². The molecular weight excluding hydrogens is 214 g/mol. The van der Waals surface area contributed by atoms with Crippen LogP contribution in [-0.4, -0.2) is 46.5 Å². The minimum atomic E-state index is 0.307. The van der Waals surface area contributed by atoms with E-state index in [-0.39, 0.29) is 0 Å². The lowest BCUT2D eigenvalue weighted by molar-refractivity contribution is 0.236. The molecule has 3 heterocycles. The molecular formula is C12H17N5. The van der Waals surface area contributed by atoms with Gasteiger partial charge in [-0.05, 0) is 13.1 Å². The normalized spacial score (nSPS) is 21.8. The van der Waals surface area contributed by atoms with E-state index in [4.69, 9.17) is 0 Å². The number of H-pyrrole nitrogens is 2. The topological polar surface area (TPSA) is 59.7 Å². The zero-order valence-corrected chi connectivity index (χ0v) is 9.90. The second-order valence-electron chi connectivity index (χ2n) is 4.55. The van der Waals surface area contributed by atoms with Gasteiger partial charge in [0.1, 0.15) is 5.82 Å². The van der Waals surface area contributed by atoms with E-state index < -0.39 is 0 Å². The van der Waals surface area contributed by atoms with Crippen molar-refractivity contribution in [3.8, 4) is 11.3 Å². The first-order chi connectivity index (χ1) is 8.33. The van der Waals surface area contributed by atoms with E-state index in [0.29, 0.717) is 6.04 Å². The van der Waals surface area contributed by atoms with Crippen LogP contribution in [0.1, 0.15) is 11.9 Å². The summed E-state index contributed by atoms with van der Waals surface area (Å²) in [6.07, 6.45) is 5.79. The third-order valence-corrected chi connectivity index (χ3v) is 3.21. The lowest BCUT2D eigenvalue weighted by Crippen LogP contribution is -2.44. The van der Waals surface area contributed by atoms with E-state index in [2.05, 4.69) is 32.2 Å². The standard InChI is InChI=1S/C12H17N5/c1-17-5-4-14-11(8-17)12-15-7-10(16-12)9-2-3-13-6-9/h2-3,6-7,11,13-14H,4-5,8H2,1H3,(H,15,16). The average Bonchev–Trinajstić information content (AvgIpc) is 3.00. The van der Waals surface area contributed by atoms with Gasteiger partial charge in [0.2, 0.25) is 0 Å². The Bertz CT molecular complexity index is 473. The van der Waals surface area contributed by atoms with Gasteiger partial charge in [0, 0.05) is 37.6 Å². The lowest BCUT2D eigenvalue weighted by Gasteiger charge is -2.29. The van der Waals surface area contributed by atoms with Crippen molar-refractivity contribution in [2.45, 2.75) is 6.04 Å². The zero-order valence-electron chi connectivity index (χ0n) is 9.90. The number of aromatic nitrogens is 3. The smallest absolute Gasteiger partial charge is 0.125 e. The highest BCUT2D eigenvalue weighted by molar-refractivity contribution is 5.57. The molecule has 1 unspecified atom stereocenters. The molecule has 0 spiro atoms. The summed E-state index contributed by atoms with van der Waals surface area (Å²) in [5, 5.41) is 3.48. The minimum absolute atomic E-state index is 0.307. The molecule has 0 aromatic carbocycles. The quantitative estimate of drug-likeness (QED) is 0.722. The summed E-state index contributed by atoms with van der Waals surface area (Å²) in [7, 11) is 2.14. The van der Waals surface area contributed by atoms with Gasteiger partial charge < -0.3 is 20.2 Å². The number of piperazine rings is 1. The Morgan fingerprint density at radius 1 is 1.47 bits per heavy atom. The molecule has 2 aromatic heterocycles. The van der Waals surface area contributed by atoms with Crippen molar-refractivity contribution in [1.29, 1.82) is 0 Å². The highest BCUT2D eigenvalue weighted by atomic mass is 15.2. The summed E-state index contributed by atoms with van der Waals surface area (Å²) < 4.78 is 0. The van der Waals surface area contributed by atoms with Crippen molar-refractivity contribution in [3.63, 3.8) is 0 Å². The molecule has 1 saturated heterocycles. The van der Waals surface area contributed by atoms with Crippen LogP contribution in [0.2, 0.25) is 0 Å². The van der Waals surface area contributed by atoms with Gasteiger partial charge >= 0.3 is 0 Å². The number of hydrogen-bond donors (Lipinski definition) is 3. The van der Waals surface area contributed by atoms with Crippen LogP contribution in [0.25, 0.3) is 11.3 Å². The van der Waals surface area contributed by atoms with Gasteiger partial charge in [-0.25, -0.2) is 4.98 Å². The van der Waals surface area contributed by atoms with Crippen LogP contribution in [0.4, 0.5) is 0 Å². The summed E-state index contributed by atoms with van der Waals surface area (Å²) in [6, 6.07) is 2.35. The van der Waals surface area contributed by atoms with Crippen molar-refractivity contribution < 1.29 is 0 Å². The summed E-state index contributed by atoms with van der Waals surface area (Å²) in [5.74, 6) is 1.02. The van der Waals surface area contributed by atoms with Crippen LogP contribution in [0.5, 0.6) is 0 Å². The lowest BCUT2D eigenvalue weighted by atomic mass is 10.2. The Morgan fingerprint density at radius 3 is 3.18 bits per heavy atom. The first kappa shape index (κ1) is 10.6. The molecule has 5 heteroatoms. The summed E-state index contributed by atoms with van der Waals surface area (Å²) in [5.41, 5.74) is 2.21. The van der Waals surface area contributed by atoms with Crippen LogP contribution in [0, 0.1) is 0 Å². The van der Waals surface area contributed by atoms with Crippen LogP contribution in [-0.2, 0) is 0 Å². The molecule has 5 nitrogen and oxygen atoms in total. The van der Waals surface area contributed by atoms with Crippen molar-refractivity contribution in [3.05, 3.63) is 30.5 Å². The summed E-state index contributed by atoms with van der Waals surface area (Å²) in [6.45, 7) is 3.11. The van der Waals surface area contributed by atoms with Gasteiger partial charge in [0.05, 0.1) is 17.9 Å². The van der Waals surface area contributed by atoms with E-state index in [9.17, 15) is 0 Å². The number of aromatic amines is 2. The molecule has 1 aliphatic rings. The maximum atomic E-state index is 4.47. The highest BCUT2D eigenvalue weighted by Crippen LogP contribution is 2.19. The molecule has 0 radical (unpaired) electrons. The fourth-order valence-electron chi connectivity index (χ4n) is 2.23. The second kappa shape index (κ2) is 4.35. The van der Waals surface area contributed by atoms with Crippen LogP contribution >= 0.6 is 0 Å². The van der Waals surface area contributed by atoms with Gasteiger partial charge in [-0.3, -0.25) is 0 Å². The molecule has 1 fully saturated rings. The fraction of sp³-hybridized carbons (Fsp3) is 0.417. The van der Waals surface area contributed by atoms with E-state index in [0.717, 1.165) is 36.7 Å². The maximum absolute atomic E-state index is 4.47. The first-order valence-corrected chi connectivity index (χ1v) is 5.93. The average molecular weight is 231 g/mol. The monoisotopic (exact) mass is 231 g/mol. The fourth-order valence-corrected chi connectivity index (χ4v) is 2.23. The molecule has 0 amide bonds. The molecule has 1 atom stereocenters. The predicted molar refractivity (Wildman–Crippen MR) is 66.6 cm³/mol. The SMILES string of the molecule is CN1CCNC(c2ncc(-c3cc[nH]c3)[nH]2)C1. The first-order valence-electron chi connectivity index (χ1n) is 5.93. The van der Waals surface area contributed by atoms with E-state index in [1.165, 1.54) is 0 Å². The molecule has 17 heavy (non-hydrogen) atoms.